The van der Waals surface area contributed by atoms with Gasteiger partial charge >= 0.3 is 5.76 Å². The molecule has 1 unspecified atom stereocenters. The summed E-state index contributed by atoms with van der Waals surface area (Å²) < 4.78 is 13.0. The molecule has 44 heavy (non-hydrogen) atoms. The molecule has 3 aromatic heterocycles. The number of aliphatic hydroxyl groups excluding tert-OH is 1. The minimum atomic E-state index is -0.702. The van der Waals surface area contributed by atoms with Crippen molar-refractivity contribution in [1.29, 1.82) is 0 Å². The highest BCUT2D eigenvalue weighted by molar-refractivity contribution is 6.31. The van der Waals surface area contributed by atoms with E-state index < -0.39 is 5.76 Å². The van der Waals surface area contributed by atoms with Crippen LogP contribution in [0.5, 0.6) is 0 Å². The summed E-state index contributed by atoms with van der Waals surface area (Å²) in [7, 11) is 0. The van der Waals surface area contributed by atoms with E-state index in [0.717, 1.165) is 42.3 Å². The van der Waals surface area contributed by atoms with E-state index in [9.17, 15) is 9.90 Å². The number of halogens is 1. The van der Waals surface area contributed by atoms with Crippen molar-refractivity contribution in [3.63, 3.8) is 0 Å². The Kier molecular flexibility index (Phi) is 7.92. The molecule has 1 aliphatic carbocycles. The average molecular weight is 616 g/mol. The molecule has 5 aromatic rings. The van der Waals surface area contributed by atoms with Crippen LogP contribution in [0, 0.1) is 11.8 Å². The van der Waals surface area contributed by atoms with Crippen molar-refractivity contribution in [1.82, 2.24) is 29.7 Å². The topological polar surface area (TPSA) is 135 Å². The fourth-order valence-electron chi connectivity index (χ4n) is 6.49. The number of imidazole rings is 1. The van der Waals surface area contributed by atoms with Crippen molar-refractivity contribution in [2.45, 2.75) is 51.8 Å². The molecule has 0 spiro atoms. The van der Waals surface area contributed by atoms with Crippen LogP contribution >= 0.6 is 11.6 Å². The van der Waals surface area contributed by atoms with Crippen LogP contribution in [0.15, 0.2) is 57.8 Å². The maximum absolute atomic E-state index is 11.9. The summed E-state index contributed by atoms with van der Waals surface area (Å²) in [4.78, 5) is 31.7. The van der Waals surface area contributed by atoms with Crippen LogP contribution in [0.1, 0.15) is 49.8 Å². The second-order valence-corrected chi connectivity index (χ2v) is 12.3. The Balaban J connectivity index is 1.47. The summed E-state index contributed by atoms with van der Waals surface area (Å²) in [5.74, 6) is 1.56. The zero-order valence-corrected chi connectivity index (χ0v) is 25.2. The minimum Gasteiger partial charge on any atom is -0.392 e. The molecular formula is C32H34ClN7O4. The Bertz CT molecular complexity index is 1830. The predicted molar refractivity (Wildman–Crippen MR) is 166 cm³/mol. The molecule has 2 aromatic carbocycles. The molecule has 0 amide bonds. The van der Waals surface area contributed by atoms with E-state index in [4.69, 9.17) is 35.8 Å². The normalized spacial score (nSPS) is 20.8. The summed E-state index contributed by atoms with van der Waals surface area (Å²) in [6.45, 7) is 4.66. The van der Waals surface area contributed by atoms with Gasteiger partial charge in [-0.3, -0.25) is 9.51 Å². The van der Waals surface area contributed by atoms with Crippen LogP contribution in [0.25, 0.3) is 34.1 Å². The molecule has 2 N–H and O–H groups in total. The van der Waals surface area contributed by atoms with Gasteiger partial charge in [-0.25, -0.2) is 14.8 Å². The third-order valence-electron chi connectivity index (χ3n) is 8.79. The molecule has 4 heterocycles. The van der Waals surface area contributed by atoms with Crippen LogP contribution in [-0.2, 0) is 17.9 Å². The fourth-order valence-corrected chi connectivity index (χ4v) is 6.75. The Morgan fingerprint density at radius 2 is 1.89 bits per heavy atom. The van der Waals surface area contributed by atoms with Crippen molar-refractivity contribution < 1.29 is 14.4 Å². The van der Waals surface area contributed by atoms with Gasteiger partial charge in [0.15, 0.2) is 5.65 Å². The number of nitrogens with one attached hydrogen (secondary N) is 1. The first-order valence-electron chi connectivity index (χ1n) is 15.1. The van der Waals surface area contributed by atoms with Crippen LogP contribution in [0.4, 0.5) is 5.95 Å². The Morgan fingerprint density at radius 3 is 2.64 bits per heavy atom. The molecule has 2 aliphatic rings. The van der Waals surface area contributed by atoms with Crippen LogP contribution in [-0.4, -0.2) is 54.5 Å². The SMILES string of the molecule is CC1CCC(Cn2c(N3CCOCC3c3ccccc3)nc3nc(-c4noc(=O)[nH]4)nc(-c4cc(Cl)cc(CO)c4)c32)CC1. The number of aromatic nitrogens is 6. The third kappa shape index (κ3) is 5.62. The lowest BCUT2D eigenvalue weighted by Gasteiger charge is -2.37. The van der Waals surface area contributed by atoms with E-state index in [-0.39, 0.29) is 24.3 Å². The zero-order valence-electron chi connectivity index (χ0n) is 24.4. The molecule has 2 fully saturated rings. The van der Waals surface area contributed by atoms with Gasteiger partial charge in [0.2, 0.25) is 17.6 Å². The molecule has 1 saturated carbocycles. The molecular weight excluding hydrogens is 582 g/mol. The number of H-pyrrole nitrogens is 1. The van der Waals surface area contributed by atoms with Crippen LogP contribution in [0.2, 0.25) is 5.02 Å². The van der Waals surface area contributed by atoms with Crippen molar-refractivity contribution >= 4 is 28.7 Å². The molecule has 0 radical (unpaired) electrons. The molecule has 7 rings (SSSR count). The lowest BCUT2D eigenvalue weighted by molar-refractivity contribution is 0.0927. The summed E-state index contributed by atoms with van der Waals surface area (Å²) in [5, 5.41) is 14.3. The number of morpholine rings is 1. The lowest BCUT2D eigenvalue weighted by atomic mass is 9.83. The van der Waals surface area contributed by atoms with Gasteiger partial charge in [-0.05, 0) is 54.0 Å². The molecule has 11 nitrogen and oxygen atoms in total. The summed E-state index contributed by atoms with van der Waals surface area (Å²) >= 11 is 6.54. The smallest absolute Gasteiger partial charge is 0.392 e. The Labute approximate surface area is 258 Å². The number of hydrogen-bond donors (Lipinski definition) is 2. The number of hydrogen-bond acceptors (Lipinski definition) is 9. The first-order valence-corrected chi connectivity index (χ1v) is 15.5. The van der Waals surface area contributed by atoms with Gasteiger partial charge in [0, 0.05) is 23.7 Å². The second-order valence-electron chi connectivity index (χ2n) is 11.9. The first kappa shape index (κ1) is 28.7. The third-order valence-corrected chi connectivity index (χ3v) is 9.01. The van der Waals surface area contributed by atoms with Gasteiger partial charge < -0.3 is 19.3 Å². The van der Waals surface area contributed by atoms with Crippen molar-refractivity contribution in [3.05, 3.63) is 75.2 Å². The summed E-state index contributed by atoms with van der Waals surface area (Å²) in [5.41, 5.74) is 4.31. The maximum atomic E-state index is 11.9. The van der Waals surface area contributed by atoms with E-state index in [0.29, 0.717) is 53.2 Å². The monoisotopic (exact) mass is 615 g/mol. The Hall–Kier alpha value is -4.06. The van der Waals surface area contributed by atoms with E-state index in [2.05, 4.69) is 38.7 Å². The number of aliphatic hydroxyl groups is 1. The molecule has 1 atom stereocenters. The second kappa shape index (κ2) is 12.1. The van der Waals surface area contributed by atoms with Crippen molar-refractivity contribution in [3.8, 4) is 22.9 Å². The van der Waals surface area contributed by atoms with Crippen molar-refractivity contribution in [2.75, 3.05) is 24.7 Å². The van der Waals surface area contributed by atoms with Gasteiger partial charge in [-0.15, -0.1) is 0 Å². The molecule has 12 heteroatoms. The van der Waals surface area contributed by atoms with Gasteiger partial charge in [0.1, 0.15) is 11.2 Å². The van der Waals surface area contributed by atoms with Crippen LogP contribution < -0.4 is 10.7 Å². The highest BCUT2D eigenvalue weighted by Gasteiger charge is 2.32. The van der Waals surface area contributed by atoms with Gasteiger partial charge in [-0.2, -0.15) is 4.98 Å². The largest absolute Gasteiger partial charge is 0.439 e. The minimum absolute atomic E-state index is 0.0400. The number of benzene rings is 2. The molecule has 1 saturated heterocycles. The number of fused-ring (bicyclic) bond motifs is 1. The lowest BCUT2D eigenvalue weighted by Crippen LogP contribution is -2.41. The molecule has 0 bridgehead atoms. The fraction of sp³-hybridized carbons (Fsp3) is 0.406. The number of aromatic amines is 1. The van der Waals surface area contributed by atoms with Crippen LogP contribution in [0.3, 0.4) is 0 Å². The molecule has 1 aliphatic heterocycles. The number of nitrogens with zero attached hydrogens (tertiary/aromatic N) is 6. The van der Waals surface area contributed by atoms with Gasteiger partial charge in [0.25, 0.3) is 0 Å². The van der Waals surface area contributed by atoms with Gasteiger partial charge in [0.05, 0.1) is 25.9 Å². The van der Waals surface area contributed by atoms with E-state index in [1.165, 1.54) is 12.8 Å². The quantitative estimate of drug-likeness (QED) is 0.247. The summed E-state index contributed by atoms with van der Waals surface area (Å²) in [6, 6.07) is 15.7. The standard InChI is InChI=1S/C32H34ClN7O4/c1-19-7-9-20(10-8-19)16-40-27-26(23-13-21(17-41)14-24(33)15-23)34-29(30-37-32(42)44-38-30)35-28(27)36-31(40)39-11-12-43-18-25(39)22-5-3-2-4-6-22/h2-6,13-15,19-20,25,41H,7-12,16-18H2,1H3,(H,37,38,42). The van der Waals surface area contributed by atoms with Gasteiger partial charge in [-0.1, -0.05) is 66.9 Å². The van der Waals surface area contributed by atoms with E-state index in [1.54, 1.807) is 6.07 Å². The predicted octanol–water partition coefficient (Wildman–Crippen LogP) is 5.39. The first-order chi connectivity index (χ1) is 21.5. The maximum Gasteiger partial charge on any atom is 0.439 e. The molecule has 228 valence electrons. The van der Waals surface area contributed by atoms with Crippen molar-refractivity contribution in [2.24, 2.45) is 11.8 Å². The summed E-state index contributed by atoms with van der Waals surface area (Å²) in [6.07, 6.45) is 4.65. The van der Waals surface area contributed by atoms with E-state index >= 15 is 0 Å². The number of ether oxygens (including phenoxy) is 1. The van der Waals surface area contributed by atoms with E-state index in [1.807, 2.05) is 30.3 Å². The highest BCUT2D eigenvalue weighted by Crippen LogP contribution is 2.39. The Morgan fingerprint density at radius 1 is 1.07 bits per heavy atom. The number of rotatable bonds is 7. The average Bonchev–Trinajstić information content (AvgIpc) is 3.65. The number of anilines is 1. The zero-order chi connectivity index (χ0) is 30.2. The highest BCUT2D eigenvalue weighted by atomic mass is 35.5.